The molecule has 1 N–H and O–H groups in total. The SMILES string of the molecule is O=C1[C@@H]2CCCN2C(=O)N1C[C@@H](O)c1ccccc1Cl. The second-order valence-electron chi connectivity index (χ2n) is 5.12. The van der Waals surface area contributed by atoms with Gasteiger partial charge in [-0.25, -0.2) is 4.79 Å². The smallest absolute Gasteiger partial charge is 0.327 e. The Hall–Kier alpha value is -1.59. The van der Waals surface area contributed by atoms with E-state index in [0.717, 1.165) is 11.3 Å². The first-order valence-electron chi connectivity index (χ1n) is 6.64. The first-order valence-corrected chi connectivity index (χ1v) is 7.02. The van der Waals surface area contributed by atoms with Crippen LogP contribution < -0.4 is 0 Å². The Labute approximate surface area is 121 Å². The van der Waals surface area contributed by atoms with E-state index in [1.807, 2.05) is 0 Å². The molecule has 1 aromatic carbocycles. The normalized spacial score (nSPS) is 23.4. The van der Waals surface area contributed by atoms with Crippen molar-refractivity contribution in [3.05, 3.63) is 34.9 Å². The molecule has 0 radical (unpaired) electrons. The molecule has 20 heavy (non-hydrogen) atoms. The van der Waals surface area contributed by atoms with Gasteiger partial charge in [-0.1, -0.05) is 29.8 Å². The molecule has 0 aliphatic carbocycles. The monoisotopic (exact) mass is 294 g/mol. The molecule has 3 amide bonds. The molecule has 0 bridgehead atoms. The van der Waals surface area contributed by atoms with Crippen LogP contribution in [0.4, 0.5) is 4.79 Å². The number of β-amino-alcohol motifs (C(OH)–C–C–N with tert-alkyl or cyclic N) is 1. The summed E-state index contributed by atoms with van der Waals surface area (Å²) in [6.45, 7) is 0.572. The fourth-order valence-corrected chi connectivity index (χ4v) is 3.13. The number of hydrogen-bond donors (Lipinski definition) is 1. The standard InChI is InChI=1S/C14H15ClN2O3/c15-10-5-2-1-4-9(10)12(18)8-17-13(19)11-6-3-7-16(11)14(17)20/h1-2,4-5,11-12,18H,3,6-8H2/t11-,12+/m0/s1. The van der Waals surface area contributed by atoms with Gasteiger partial charge in [0.15, 0.2) is 0 Å². The molecule has 3 rings (SSSR count). The third-order valence-electron chi connectivity index (χ3n) is 3.90. The second-order valence-corrected chi connectivity index (χ2v) is 5.53. The number of aliphatic hydroxyl groups is 1. The van der Waals surface area contributed by atoms with Gasteiger partial charge in [-0.15, -0.1) is 0 Å². The fourth-order valence-electron chi connectivity index (χ4n) is 2.87. The third-order valence-corrected chi connectivity index (χ3v) is 4.24. The van der Waals surface area contributed by atoms with Crippen molar-refractivity contribution >= 4 is 23.5 Å². The number of carbonyl (C=O) groups excluding carboxylic acids is 2. The molecular formula is C14H15ClN2O3. The van der Waals surface area contributed by atoms with Crippen molar-refractivity contribution in [1.82, 2.24) is 9.80 Å². The number of aliphatic hydroxyl groups excluding tert-OH is 1. The van der Waals surface area contributed by atoms with E-state index in [-0.39, 0.29) is 24.5 Å². The maximum Gasteiger partial charge on any atom is 0.327 e. The van der Waals surface area contributed by atoms with E-state index >= 15 is 0 Å². The molecule has 2 fully saturated rings. The highest BCUT2D eigenvalue weighted by molar-refractivity contribution is 6.31. The molecule has 2 aliphatic heterocycles. The maximum absolute atomic E-state index is 12.2. The number of nitrogens with zero attached hydrogens (tertiary/aromatic N) is 2. The summed E-state index contributed by atoms with van der Waals surface area (Å²) in [7, 11) is 0. The van der Waals surface area contributed by atoms with Crippen molar-refractivity contribution in [1.29, 1.82) is 0 Å². The lowest BCUT2D eigenvalue weighted by atomic mass is 10.1. The molecule has 2 saturated heterocycles. The van der Waals surface area contributed by atoms with Gasteiger partial charge >= 0.3 is 6.03 Å². The fraction of sp³-hybridized carbons (Fsp3) is 0.429. The topological polar surface area (TPSA) is 60.9 Å². The van der Waals surface area contributed by atoms with E-state index in [9.17, 15) is 14.7 Å². The highest BCUT2D eigenvalue weighted by atomic mass is 35.5. The predicted octanol–water partition coefficient (Wildman–Crippen LogP) is 1.80. The number of benzene rings is 1. The number of urea groups is 1. The van der Waals surface area contributed by atoms with Crippen LogP contribution in [0.5, 0.6) is 0 Å². The Morgan fingerprint density at radius 2 is 2.10 bits per heavy atom. The Morgan fingerprint density at radius 1 is 1.35 bits per heavy atom. The zero-order valence-electron chi connectivity index (χ0n) is 10.8. The number of carbonyl (C=O) groups is 2. The first-order chi connectivity index (χ1) is 9.59. The van der Waals surface area contributed by atoms with E-state index in [1.165, 1.54) is 0 Å². The van der Waals surface area contributed by atoms with Gasteiger partial charge in [0.25, 0.3) is 5.91 Å². The van der Waals surface area contributed by atoms with Crippen LogP contribution in [0.15, 0.2) is 24.3 Å². The minimum atomic E-state index is -0.961. The summed E-state index contributed by atoms with van der Waals surface area (Å²) < 4.78 is 0. The van der Waals surface area contributed by atoms with E-state index < -0.39 is 6.10 Å². The van der Waals surface area contributed by atoms with Gasteiger partial charge in [0.2, 0.25) is 0 Å². The summed E-state index contributed by atoms with van der Waals surface area (Å²) in [4.78, 5) is 27.0. The van der Waals surface area contributed by atoms with Crippen LogP contribution in [0.2, 0.25) is 5.02 Å². The lowest BCUT2D eigenvalue weighted by molar-refractivity contribution is -0.128. The van der Waals surface area contributed by atoms with Gasteiger partial charge in [-0.05, 0) is 18.9 Å². The van der Waals surface area contributed by atoms with Crippen LogP contribution in [-0.4, -0.2) is 46.0 Å². The number of amides is 3. The third kappa shape index (κ3) is 2.07. The molecule has 2 aliphatic rings. The minimum absolute atomic E-state index is 0.0472. The lowest BCUT2D eigenvalue weighted by Gasteiger charge is -2.20. The van der Waals surface area contributed by atoms with E-state index in [4.69, 9.17) is 11.6 Å². The van der Waals surface area contributed by atoms with Crippen LogP contribution in [0.25, 0.3) is 0 Å². The Morgan fingerprint density at radius 3 is 2.80 bits per heavy atom. The van der Waals surface area contributed by atoms with Crippen molar-refractivity contribution < 1.29 is 14.7 Å². The van der Waals surface area contributed by atoms with Gasteiger partial charge in [0, 0.05) is 17.1 Å². The Balaban J connectivity index is 1.77. The molecular weight excluding hydrogens is 280 g/mol. The van der Waals surface area contributed by atoms with Crippen LogP contribution in [-0.2, 0) is 4.79 Å². The van der Waals surface area contributed by atoms with Gasteiger partial charge < -0.3 is 10.0 Å². The summed E-state index contributed by atoms with van der Waals surface area (Å²) in [6, 6.07) is 6.26. The van der Waals surface area contributed by atoms with Gasteiger partial charge in [0.1, 0.15) is 6.04 Å². The number of fused-ring (bicyclic) bond motifs is 1. The average Bonchev–Trinajstić information content (AvgIpc) is 2.99. The molecule has 6 heteroatoms. The second kappa shape index (κ2) is 5.07. The molecule has 0 saturated carbocycles. The molecule has 2 heterocycles. The summed E-state index contributed by atoms with van der Waals surface area (Å²) in [5.74, 6) is -0.210. The van der Waals surface area contributed by atoms with Crippen molar-refractivity contribution in [3.63, 3.8) is 0 Å². The minimum Gasteiger partial charge on any atom is -0.386 e. The number of rotatable bonds is 3. The zero-order chi connectivity index (χ0) is 14.3. The van der Waals surface area contributed by atoms with Crippen molar-refractivity contribution in [2.45, 2.75) is 25.0 Å². The van der Waals surface area contributed by atoms with Crippen LogP contribution in [0.1, 0.15) is 24.5 Å². The van der Waals surface area contributed by atoms with Gasteiger partial charge in [0.05, 0.1) is 12.6 Å². The molecule has 106 valence electrons. The summed E-state index contributed by atoms with van der Waals surface area (Å²) >= 11 is 6.01. The summed E-state index contributed by atoms with van der Waals surface area (Å²) in [5, 5.41) is 10.6. The van der Waals surface area contributed by atoms with Crippen molar-refractivity contribution in [3.8, 4) is 0 Å². The molecule has 2 atom stereocenters. The van der Waals surface area contributed by atoms with Crippen molar-refractivity contribution in [2.24, 2.45) is 0 Å². The quantitative estimate of drug-likeness (QED) is 0.865. The van der Waals surface area contributed by atoms with Crippen LogP contribution in [0.3, 0.4) is 0 Å². The van der Waals surface area contributed by atoms with Crippen LogP contribution in [0, 0.1) is 0 Å². The number of hydrogen-bond acceptors (Lipinski definition) is 3. The van der Waals surface area contributed by atoms with Crippen molar-refractivity contribution in [2.75, 3.05) is 13.1 Å². The summed E-state index contributed by atoms with van der Waals surface area (Å²) in [5.41, 5.74) is 0.529. The highest BCUT2D eigenvalue weighted by Crippen LogP contribution is 2.30. The first kappa shape index (κ1) is 13.4. The van der Waals surface area contributed by atoms with E-state index in [1.54, 1.807) is 29.2 Å². The lowest BCUT2D eigenvalue weighted by Crippen LogP contribution is -2.36. The highest BCUT2D eigenvalue weighted by Gasteiger charge is 2.47. The molecule has 0 unspecified atom stereocenters. The predicted molar refractivity (Wildman–Crippen MR) is 73.2 cm³/mol. The Kier molecular flexibility index (Phi) is 3.40. The van der Waals surface area contributed by atoms with E-state index in [0.29, 0.717) is 23.6 Å². The molecule has 0 spiro atoms. The van der Waals surface area contributed by atoms with Crippen LogP contribution >= 0.6 is 11.6 Å². The largest absolute Gasteiger partial charge is 0.386 e. The van der Waals surface area contributed by atoms with E-state index in [2.05, 4.69) is 0 Å². The molecule has 5 nitrogen and oxygen atoms in total. The zero-order valence-corrected chi connectivity index (χ0v) is 11.6. The molecule has 0 aromatic heterocycles. The molecule has 1 aromatic rings. The number of imide groups is 1. The Bertz CT molecular complexity index is 541. The van der Waals surface area contributed by atoms with Gasteiger partial charge in [-0.2, -0.15) is 0 Å². The number of halogens is 1. The maximum atomic E-state index is 12.2. The van der Waals surface area contributed by atoms with Gasteiger partial charge in [-0.3, -0.25) is 9.69 Å². The summed E-state index contributed by atoms with van der Waals surface area (Å²) in [6.07, 6.45) is 0.614. The average molecular weight is 295 g/mol.